The fraction of sp³-hybridized carbons (Fsp3) is 0.571. The third-order valence-corrected chi connectivity index (χ3v) is 3.72. The molecule has 2 atom stereocenters. The first-order valence-corrected chi connectivity index (χ1v) is 6.80. The summed E-state index contributed by atoms with van der Waals surface area (Å²) in [5.41, 5.74) is 0.873. The van der Waals surface area contributed by atoms with Crippen LogP contribution in [0.5, 0.6) is 0 Å². The Morgan fingerprint density at radius 3 is 2.95 bits per heavy atom. The molecular formula is C14H20N2O3. The zero-order chi connectivity index (χ0) is 13.8. The fourth-order valence-electron chi connectivity index (χ4n) is 2.64. The summed E-state index contributed by atoms with van der Waals surface area (Å²) < 4.78 is 1.64. The Morgan fingerprint density at radius 1 is 1.47 bits per heavy atom. The molecule has 19 heavy (non-hydrogen) atoms. The van der Waals surface area contributed by atoms with Crippen LogP contribution in [0.15, 0.2) is 23.1 Å². The van der Waals surface area contributed by atoms with E-state index in [9.17, 15) is 9.59 Å². The normalized spacial score (nSPS) is 23.0. The van der Waals surface area contributed by atoms with Crippen molar-refractivity contribution in [2.24, 2.45) is 5.92 Å². The maximum atomic E-state index is 11.5. The summed E-state index contributed by atoms with van der Waals surface area (Å²) in [6.07, 6.45) is 5.13. The number of anilines is 1. The Morgan fingerprint density at radius 2 is 2.26 bits per heavy atom. The van der Waals surface area contributed by atoms with E-state index in [2.05, 4.69) is 5.32 Å². The number of hydrogen-bond acceptors (Lipinski definition) is 3. The van der Waals surface area contributed by atoms with Crippen LogP contribution < -0.4 is 10.9 Å². The lowest BCUT2D eigenvalue weighted by molar-refractivity contribution is -0.142. The van der Waals surface area contributed by atoms with Crippen molar-refractivity contribution in [2.75, 3.05) is 5.32 Å². The Hall–Kier alpha value is -1.78. The van der Waals surface area contributed by atoms with Crippen molar-refractivity contribution in [3.63, 3.8) is 0 Å². The molecule has 1 saturated carbocycles. The second-order valence-electron chi connectivity index (χ2n) is 5.09. The molecule has 0 saturated heterocycles. The molecular weight excluding hydrogens is 244 g/mol. The average Bonchev–Trinajstić information content (AvgIpc) is 2.41. The summed E-state index contributed by atoms with van der Waals surface area (Å²) in [6.45, 7) is 2.56. The van der Waals surface area contributed by atoms with Crippen molar-refractivity contribution >= 4 is 11.7 Å². The molecule has 104 valence electrons. The van der Waals surface area contributed by atoms with E-state index in [4.69, 9.17) is 5.11 Å². The molecule has 1 heterocycles. The maximum absolute atomic E-state index is 11.5. The summed E-state index contributed by atoms with van der Waals surface area (Å²) in [5, 5.41) is 12.4. The van der Waals surface area contributed by atoms with E-state index in [1.54, 1.807) is 22.9 Å². The molecule has 5 nitrogen and oxygen atoms in total. The van der Waals surface area contributed by atoms with Crippen molar-refractivity contribution in [2.45, 2.75) is 45.2 Å². The van der Waals surface area contributed by atoms with Gasteiger partial charge in [0.25, 0.3) is 5.56 Å². The molecule has 1 fully saturated rings. The predicted molar refractivity (Wildman–Crippen MR) is 73.4 cm³/mol. The number of nitrogens with zero attached hydrogens (tertiary/aromatic N) is 1. The van der Waals surface area contributed by atoms with Crippen LogP contribution in [-0.2, 0) is 11.3 Å². The van der Waals surface area contributed by atoms with Gasteiger partial charge in [0.15, 0.2) is 0 Å². The first-order valence-electron chi connectivity index (χ1n) is 6.80. The molecule has 0 bridgehead atoms. The molecule has 2 unspecified atom stereocenters. The van der Waals surface area contributed by atoms with Crippen LogP contribution in [0.4, 0.5) is 5.69 Å². The van der Waals surface area contributed by atoms with Crippen LogP contribution >= 0.6 is 0 Å². The average molecular weight is 264 g/mol. The topological polar surface area (TPSA) is 71.3 Å². The van der Waals surface area contributed by atoms with E-state index in [0.717, 1.165) is 24.9 Å². The van der Waals surface area contributed by atoms with Crippen molar-refractivity contribution in [3.8, 4) is 0 Å². The summed E-state index contributed by atoms with van der Waals surface area (Å²) in [5.74, 6) is -0.951. The van der Waals surface area contributed by atoms with Gasteiger partial charge in [0.2, 0.25) is 0 Å². The molecule has 1 aromatic rings. The monoisotopic (exact) mass is 264 g/mol. The minimum atomic E-state index is -0.704. The van der Waals surface area contributed by atoms with Crippen LogP contribution in [-0.4, -0.2) is 21.7 Å². The number of aliphatic carboxylic acids is 1. The largest absolute Gasteiger partial charge is 0.481 e. The van der Waals surface area contributed by atoms with Crippen LogP contribution in [0, 0.1) is 5.92 Å². The Labute approximate surface area is 112 Å². The standard InChI is InChI=1S/C14H20N2O3/c1-2-16-9-12(6-7-13(16)17)15-11-5-3-4-10(8-11)14(18)19/h6-7,9-11,15H,2-5,8H2,1H3,(H,18,19). The van der Waals surface area contributed by atoms with Crippen LogP contribution in [0.25, 0.3) is 0 Å². The van der Waals surface area contributed by atoms with Crippen LogP contribution in [0.1, 0.15) is 32.6 Å². The van der Waals surface area contributed by atoms with Gasteiger partial charge in [-0.05, 0) is 32.3 Å². The molecule has 0 radical (unpaired) electrons. The summed E-state index contributed by atoms with van der Waals surface area (Å²) in [6, 6.07) is 3.49. The highest BCUT2D eigenvalue weighted by atomic mass is 16.4. The van der Waals surface area contributed by atoms with E-state index in [0.29, 0.717) is 13.0 Å². The number of aryl methyl sites for hydroxylation is 1. The van der Waals surface area contributed by atoms with Crippen molar-refractivity contribution in [3.05, 3.63) is 28.7 Å². The van der Waals surface area contributed by atoms with E-state index in [-0.39, 0.29) is 17.5 Å². The predicted octanol–water partition coefficient (Wildman–Crippen LogP) is 1.92. The number of hydrogen-bond donors (Lipinski definition) is 2. The summed E-state index contributed by atoms with van der Waals surface area (Å²) >= 11 is 0. The molecule has 2 N–H and O–H groups in total. The molecule has 0 aromatic carbocycles. The lowest BCUT2D eigenvalue weighted by Crippen LogP contribution is -2.31. The molecule has 0 spiro atoms. The molecule has 2 rings (SSSR count). The third kappa shape index (κ3) is 3.36. The van der Waals surface area contributed by atoms with Gasteiger partial charge in [-0.2, -0.15) is 0 Å². The second kappa shape index (κ2) is 5.91. The number of carbonyl (C=O) groups is 1. The number of nitrogens with one attached hydrogen (secondary N) is 1. The van der Waals surface area contributed by atoms with Gasteiger partial charge in [-0.25, -0.2) is 0 Å². The van der Waals surface area contributed by atoms with E-state index in [1.807, 2.05) is 6.92 Å². The quantitative estimate of drug-likeness (QED) is 0.871. The molecule has 5 heteroatoms. The Balaban J connectivity index is 2.04. The number of pyridine rings is 1. The van der Waals surface area contributed by atoms with Gasteiger partial charge in [0, 0.05) is 24.8 Å². The van der Waals surface area contributed by atoms with Gasteiger partial charge in [-0.1, -0.05) is 6.42 Å². The minimum Gasteiger partial charge on any atom is -0.481 e. The fourth-order valence-corrected chi connectivity index (χ4v) is 2.64. The highest BCUT2D eigenvalue weighted by Gasteiger charge is 2.26. The zero-order valence-corrected chi connectivity index (χ0v) is 11.1. The molecule has 1 aromatic heterocycles. The first-order chi connectivity index (χ1) is 9.10. The Bertz CT molecular complexity index is 510. The number of aromatic nitrogens is 1. The van der Waals surface area contributed by atoms with Gasteiger partial charge in [0.1, 0.15) is 0 Å². The first kappa shape index (κ1) is 13.6. The van der Waals surface area contributed by atoms with Crippen LogP contribution in [0.3, 0.4) is 0 Å². The minimum absolute atomic E-state index is 0.0138. The van der Waals surface area contributed by atoms with E-state index in [1.165, 1.54) is 0 Å². The lowest BCUT2D eigenvalue weighted by atomic mass is 9.86. The highest BCUT2D eigenvalue weighted by Crippen LogP contribution is 2.26. The van der Waals surface area contributed by atoms with Gasteiger partial charge in [0.05, 0.1) is 11.6 Å². The Kier molecular flexibility index (Phi) is 4.24. The van der Waals surface area contributed by atoms with Gasteiger partial charge in [-0.15, -0.1) is 0 Å². The zero-order valence-electron chi connectivity index (χ0n) is 11.1. The number of carboxylic acids is 1. The summed E-state index contributed by atoms with van der Waals surface area (Å²) in [4.78, 5) is 22.5. The van der Waals surface area contributed by atoms with Gasteiger partial charge >= 0.3 is 5.97 Å². The summed E-state index contributed by atoms with van der Waals surface area (Å²) in [7, 11) is 0. The van der Waals surface area contributed by atoms with E-state index >= 15 is 0 Å². The van der Waals surface area contributed by atoms with Crippen molar-refractivity contribution in [1.82, 2.24) is 4.57 Å². The third-order valence-electron chi connectivity index (χ3n) is 3.72. The lowest BCUT2D eigenvalue weighted by Gasteiger charge is -2.28. The van der Waals surface area contributed by atoms with Crippen molar-refractivity contribution < 1.29 is 9.90 Å². The maximum Gasteiger partial charge on any atom is 0.306 e. The molecule has 0 amide bonds. The molecule has 1 aliphatic carbocycles. The van der Waals surface area contributed by atoms with Crippen LogP contribution in [0.2, 0.25) is 0 Å². The van der Waals surface area contributed by atoms with Gasteiger partial charge < -0.3 is 15.0 Å². The second-order valence-corrected chi connectivity index (χ2v) is 5.09. The number of rotatable bonds is 4. The SMILES string of the molecule is CCn1cc(NC2CCCC(C(=O)O)C2)ccc1=O. The van der Waals surface area contributed by atoms with E-state index < -0.39 is 5.97 Å². The molecule has 1 aliphatic rings. The van der Waals surface area contributed by atoms with Crippen molar-refractivity contribution in [1.29, 1.82) is 0 Å². The smallest absolute Gasteiger partial charge is 0.306 e. The molecule has 0 aliphatic heterocycles. The number of carboxylic acid groups (broad SMARTS) is 1. The van der Waals surface area contributed by atoms with Gasteiger partial charge in [-0.3, -0.25) is 9.59 Å². The highest BCUT2D eigenvalue weighted by molar-refractivity contribution is 5.70.